The fraction of sp³-hybridized carbons (Fsp3) is 0.0769. The maximum absolute atomic E-state index is 12.0. The molecule has 0 aliphatic carbocycles. The predicted molar refractivity (Wildman–Crippen MR) is 70.2 cm³/mol. The molecule has 0 unspecified atom stereocenters. The van der Waals surface area contributed by atoms with E-state index in [0.717, 1.165) is 0 Å². The number of halogens is 1. The summed E-state index contributed by atoms with van der Waals surface area (Å²) in [6.07, 6.45) is 1.51. The van der Waals surface area contributed by atoms with Gasteiger partial charge in [0.15, 0.2) is 0 Å². The summed E-state index contributed by atoms with van der Waals surface area (Å²) in [6, 6.07) is 10.2. The van der Waals surface area contributed by atoms with Crippen molar-refractivity contribution in [2.24, 2.45) is 0 Å². The number of anilines is 1. The van der Waals surface area contributed by atoms with Crippen LogP contribution in [-0.4, -0.2) is 18.0 Å². The molecule has 1 N–H and O–H groups in total. The number of methoxy groups -OCH3 is 1. The van der Waals surface area contributed by atoms with E-state index >= 15 is 0 Å². The maximum atomic E-state index is 12.0. The van der Waals surface area contributed by atoms with Crippen LogP contribution in [0.2, 0.25) is 5.02 Å². The van der Waals surface area contributed by atoms with Crippen molar-refractivity contribution in [2.75, 3.05) is 12.4 Å². The monoisotopic (exact) mass is 262 g/mol. The first-order valence-corrected chi connectivity index (χ1v) is 5.64. The van der Waals surface area contributed by atoms with Crippen LogP contribution < -0.4 is 10.1 Å². The summed E-state index contributed by atoms with van der Waals surface area (Å²) < 4.78 is 4.96. The minimum absolute atomic E-state index is 0.260. The van der Waals surface area contributed by atoms with Gasteiger partial charge in [-0.15, -0.1) is 0 Å². The van der Waals surface area contributed by atoms with E-state index in [9.17, 15) is 4.79 Å². The van der Waals surface area contributed by atoms with E-state index in [1.54, 1.807) is 36.4 Å². The number of para-hydroxylation sites is 1. The number of pyridine rings is 1. The lowest BCUT2D eigenvalue weighted by Gasteiger charge is -2.07. The van der Waals surface area contributed by atoms with E-state index < -0.39 is 0 Å². The molecule has 2 rings (SSSR count). The topological polar surface area (TPSA) is 51.2 Å². The van der Waals surface area contributed by atoms with Gasteiger partial charge in [-0.05, 0) is 18.2 Å². The second-order valence-electron chi connectivity index (χ2n) is 3.52. The number of carbonyl (C=O) groups is 1. The minimum atomic E-state index is -0.260. The molecular weight excluding hydrogens is 252 g/mol. The van der Waals surface area contributed by atoms with Gasteiger partial charge in [0.1, 0.15) is 0 Å². The van der Waals surface area contributed by atoms with Crippen molar-refractivity contribution in [3.63, 3.8) is 0 Å². The van der Waals surface area contributed by atoms with Gasteiger partial charge >= 0.3 is 0 Å². The summed E-state index contributed by atoms with van der Waals surface area (Å²) in [5.74, 6) is 0.130. The lowest BCUT2D eigenvalue weighted by atomic mass is 10.2. The van der Waals surface area contributed by atoms with Crippen molar-refractivity contribution < 1.29 is 9.53 Å². The average Bonchev–Trinajstić information content (AvgIpc) is 2.41. The highest BCUT2D eigenvalue weighted by atomic mass is 35.5. The quantitative estimate of drug-likeness (QED) is 0.925. The molecule has 92 valence electrons. The Morgan fingerprint density at radius 2 is 2.11 bits per heavy atom. The number of nitrogens with one attached hydrogen (secondary N) is 1. The number of nitrogens with zero attached hydrogens (tertiary/aromatic N) is 1. The molecule has 0 spiro atoms. The predicted octanol–water partition coefficient (Wildman–Crippen LogP) is 3.00. The van der Waals surface area contributed by atoms with Gasteiger partial charge in [-0.3, -0.25) is 4.79 Å². The molecule has 1 amide bonds. The van der Waals surface area contributed by atoms with Crippen LogP contribution in [0.1, 0.15) is 10.4 Å². The maximum Gasteiger partial charge on any atom is 0.255 e. The minimum Gasteiger partial charge on any atom is -0.481 e. The smallest absolute Gasteiger partial charge is 0.255 e. The van der Waals surface area contributed by atoms with Gasteiger partial charge in [0.05, 0.1) is 17.8 Å². The van der Waals surface area contributed by atoms with E-state index in [1.807, 2.05) is 0 Å². The molecule has 0 fully saturated rings. The Morgan fingerprint density at radius 3 is 2.83 bits per heavy atom. The normalized spacial score (nSPS) is 9.89. The van der Waals surface area contributed by atoms with Gasteiger partial charge in [-0.1, -0.05) is 23.7 Å². The van der Waals surface area contributed by atoms with Crippen LogP contribution in [0.25, 0.3) is 0 Å². The number of amides is 1. The lowest BCUT2D eigenvalue weighted by Crippen LogP contribution is -2.12. The first-order valence-electron chi connectivity index (χ1n) is 5.26. The second kappa shape index (κ2) is 5.51. The van der Waals surface area contributed by atoms with Gasteiger partial charge in [0.25, 0.3) is 5.91 Å². The molecule has 0 radical (unpaired) electrons. The molecule has 0 aliphatic rings. The van der Waals surface area contributed by atoms with Gasteiger partial charge in [-0.2, -0.15) is 0 Å². The lowest BCUT2D eigenvalue weighted by molar-refractivity contribution is 0.102. The fourth-order valence-corrected chi connectivity index (χ4v) is 1.60. The van der Waals surface area contributed by atoms with Gasteiger partial charge in [0, 0.05) is 17.8 Å². The molecule has 0 bridgehead atoms. The second-order valence-corrected chi connectivity index (χ2v) is 3.93. The zero-order valence-corrected chi connectivity index (χ0v) is 10.4. The summed E-state index contributed by atoms with van der Waals surface area (Å²) in [5.41, 5.74) is 1.03. The SMILES string of the molecule is COc1cc(C(=O)Nc2ccccc2Cl)ccn1. The third kappa shape index (κ3) is 2.78. The van der Waals surface area contributed by atoms with Gasteiger partial charge < -0.3 is 10.1 Å². The number of benzene rings is 1. The number of hydrogen-bond donors (Lipinski definition) is 1. The van der Waals surface area contributed by atoms with Crippen LogP contribution >= 0.6 is 11.6 Å². The van der Waals surface area contributed by atoms with Crippen LogP contribution in [0.15, 0.2) is 42.6 Å². The standard InChI is InChI=1S/C13H11ClN2O2/c1-18-12-8-9(6-7-15-12)13(17)16-11-5-3-2-4-10(11)14/h2-8H,1H3,(H,16,17). The Labute approximate surface area is 110 Å². The summed E-state index contributed by atoms with van der Waals surface area (Å²) >= 11 is 5.96. The van der Waals surface area contributed by atoms with Gasteiger partial charge in [0.2, 0.25) is 5.88 Å². The molecule has 0 aliphatic heterocycles. The van der Waals surface area contributed by atoms with Crippen LogP contribution in [0, 0.1) is 0 Å². The highest BCUT2D eigenvalue weighted by molar-refractivity contribution is 6.33. The molecule has 1 heterocycles. The molecule has 4 nitrogen and oxygen atoms in total. The number of ether oxygens (including phenoxy) is 1. The van der Waals surface area contributed by atoms with E-state index in [1.165, 1.54) is 13.3 Å². The van der Waals surface area contributed by atoms with Crippen LogP contribution in [0.5, 0.6) is 5.88 Å². The molecule has 5 heteroatoms. The third-order valence-electron chi connectivity index (χ3n) is 2.33. The van der Waals surface area contributed by atoms with Crippen molar-refractivity contribution in [3.8, 4) is 5.88 Å². The number of carbonyl (C=O) groups excluding carboxylic acids is 1. The van der Waals surface area contributed by atoms with Crippen molar-refractivity contribution in [1.29, 1.82) is 0 Å². The summed E-state index contributed by atoms with van der Waals surface area (Å²) in [5, 5.41) is 3.22. The number of aromatic nitrogens is 1. The van der Waals surface area contributed by atoms with E-state index in [0.29, 0.717) is 22.2 Å². The fourth-order valence-electron chi connectivity index (χ4n) is 1.42. The zero-order valence-electron chi connectivity index (χ0n) is 9.68. The van der Waals surface area contributed by atoms with Gasteiger partial charge in [-0.25, -0.2) is 4.98 Å². The Balaban J connectivity index is 2.19. The van der Waals surface area contributed by atoms with Crippen LogP contribution in [0.3, 0.4) is 0 Å². The molecule has 0 saturated heterocycles. The van der Waals surface area contributed by atoms with E-state index in [-0.39, 0.29) is 5.91 Å². The van der Waals surface area contributed by atoms with Crippen LogP contribution in [0.4, 0.5) is 5.69 Å². The first-order chi connectivity index (χ1) is 8.70. The van der Waals surface area contributed by atoms with Crippen molar-refractivity contribution in [1.82, 2.24) is 4.98 Å². The Hall–Kier alpha value is -2.07. The third-order valence-corrected chi connectivity index (χ3v) is 2.66. The van der Waals surface area contributed by atoms with E-state index in [2.05, 4.69) is 10.3 Å². The summed E-state index contributed by atoms with van der Waals surface area (Å²) in [6.45, 7) is 0. The summed E-state index contributed by atoms with van der Waals surface area (Å²) in [7, 11) is 1.50. The molecule has 18 heavy (non-hydrogen) atoms. The molecule has 0 saturated carbocycles. The molecule has 2 aromatic rings. The Kier molecular flexibility index (Phi) is 3.79. The molecule has 1 aromatic carbocycles. The van der Waals surface area contributed by atoms with E-state index in [4.69, 9.17) is 16.3 Å². The highest BCUT2D eigenvalue weighted by Gasteiger charge is 2.09. The van der Waals surface area contributed by atoms with Crippen molar-refractivity contribution >= 4 is 23.2 Å². The molecular formula is C13H11ClN2O2. The summed E-state index contributed by atoms with van der Waals surface area (Å²) in [4.78, 5) is 15.9. The Bertz CT molecular complexity index is 572. The largest absolute Gasteiger partial charge is 0.481 e. The number of rotatable bonds is 3. The van der Waals surface area contributed by atoms with Crippen LogP contribution in [-0.2, 0) is 0 Å². The average molecular weight is 263 g/mol. The Morgan fingerprint density at radius 1 is 1.33 bits per heavy atom. The highest BCUT2D eigenvalue weighted by Crippen LogP contribution is 2.21. The van der Waals surface area contributed by atoms with Crippen molar-refractivity contribution in [2.45, 2.75) is 0 Å². The zero-order chi connectivity index (χ0) is 13.0. The van der Waals surface area contributed by atoms with Crippen molar-refractivity contribution in [3.05, 3.63) is 53.2 Å². The molecule has 0 atom stereocenters. The number of hydrogen-bond acceptors (Lipinski definition) is 3. The first kappa shape index (κ1) is 12.4. The molecule has 1 aromatic heterocycles.